The lowest BCUT2D eigenvalue weighted by Crippen LogP contribution is -2.27. The Balaban J connectivity index is 2.13. The molecule has 1 aliphatic heterocycles. The van der Waals surface area contributed by atoms with E-state index < -0.39 is 0 Å². The van der Waals surface area contributed by atoms with Gasteiger partial charge in [-0.05, 0) is 49.3 Å². The summed E-state index contributed by atoms with van der Waals surface area (Å²) in [6.45, 7) is 14.4. The number of aryl methyl sites for hydroxylation is 1. The molecule has 0 aromatic carbocycles. The van der Waals surface area contributed by atoms with E-state index in [0.717, 1.165) is 25.3 Å². The first-order valence-electron chi connectivity index (χ1n) is 8.44. The second-order valence-electron chi connectivity index (χ2n) is 6.89. The molecule has 0 atom stereocenters. The van der Waals surface area contributed by atoms with Gasteiger partial charge in [-0.3, -0.25) is 0 Å². The molecule has 0 unspecified atom stereocenters. The molecular weight excluding hydrogens is 258 g/mol. The van der Waals surface area contributed by atoms with Crippen LogP contribution in [0.25, 0.3) is 0 Å². The summed E-state index contributed by atoms with van der Waals surface area (Å²) in [4.78, 5) is 7.26. The summed E-state index contributed by atoms with van der Waals surface area (Å²) >= 11 is 0. The van der Waals surface area contributed by atoms with Gasteiger partial charge in [0.05, 0.1) is 0 Å². The summed E-state index contributed by atoms with van der Waals surface area (Å²) in [5.41, 5.74) is 2.97. The lowest BCUT2D eigenvalue weighted by Gasteiger charge is -2.27. The Kier molecular flexibility index (Phi) is 5.26. The van der Waals surface area contributed by atoms with Gasteiger partial charge in [0.25, 0.3) is 0 Å². The van der Waals surface area contributed by atoms with Crippen LogP contribution in [0.2, 0.25) is 0 Å². The van der Waals surface area contributed by atoms with Crippen LogP contribution in [0.5, 0.6) is 0 Å². The molecule has 3 heteroatoms. The molecule has 1 aromatic rings. The van der Waals surface area contributed by atoms with Crippen molar-refractivity contribution in [2.45, 2.75) is 66.5 Å². The first-order chi connectivity index (χ1) is 9.98. The zero-order valence-corrected chi connectivity index (χ0v) is 14.4. The van der Waals surface area contributed by atoms with E-state index in [2.05, 4.69) is 57.0 Å². The maximum absolute atomic E-state index is 4.78. The van der Waals surface area contributed by atoms with Gasteiger partial charge in [0.15, 0.2) is 0 Å². The zero-order valence-electron chi connectivity index (χ0n) is 14.4. The SMILES string of the molecule is CCC1(CC)CCN(c2cc(CNC(C)C)cc(C)n2)C1. The molecular formula is C18H31N3. The van der Waals surface area contributed by atoms with E-state index in [-0.39, 0.29) is 0 Å². The lowest BCUT2D eigenvalue weighted by molar-refractivity contribution is 0.301. The van der Waals surface area contributed by atoms with Gasteiger partial charge in [-0.15, -0.1) is 0 Å². The summed E-state index contributed by atoms with van der Waals surface area (Å²) in [7, 11) is 0. The van der Waals surface area contributed by atoms with Crippen molar-refractivity contribution in [1.82, 2.24) is 10.3 Å². The van der Waals surface area contributed by atoms with Crippen LogP contribution >= 0.6 is 0 Å². The van der Waals surface area contributed by atoms with Crippen molar-refractivity contribution in [1.29, 1.82) is 0 Å². The molecule has 1 aromatic heterocycles. The highest BCUT2D eigenvalue weighted by atomic mass is 15.2. The van der Waals surface area contributed by atoms with E-state index in [9.17, 15) is 0 Å². The molecule has 0 spiro atoms. The Bertz CT molecular complexity index is 464. The molecule has 21 heavy (non-hydrogen) atoms. The predicted molar refractivity (Wildman–Crippen MR) is 90.8 cm³/mol. The Labute approximate surface area is 130 Å². The largest absolute Gasteiger partial charge is 0.356 e. The smallest absolute Gasteiger partial charge is 0.129 e. The van der Waals surface area contributed by atoms with Crippen LogP contribution in [0.1, 0.15) is 58.2 Å². The van der Waals surface area contributed by atoms with Gasteiger partial charge >= 0.3 is 0 Å². The quantitative estimate of drug-likeness (QED) is 0.860. The van der Waals surface area contributed by atoms with Crippen LogP contribution in [-0.4, -0.2) is 24.1 Å². The van der Waals surface area contributed by atoms with Crippen LogP contribution in [0.15, 0.2) is 12.1 Å². The molecule has 3 nitrogen and oxygen atoms in total. The first kappa shape index (κ1) is 16.3. The van der Waals surface area contributed by atoms with Gasteiger partial charge in [0.2, 0.25) is 0 Å². The Morgan fingerprint density at radius 3 is 2.57 bits per heavy atom. The van der Waals surface area contributed by atoms with Crippen molar-refractivity contribution >= 4 is 5.82 Å². The molecule has 0 radical (unpaired) electrons. The predicted octanol–water partition coefficient (Wildman–Crippen LogP) is 3.90. The second-order valence-corrected chi connectivity index (χ2v) is 6.89. The van der Waals surface area contributed by atoms with Gasteiger partial charge in [0.1, 0.15) is 5.82 Å². The Morgan fingerprint density at radius 1 is 1.29 bits per heavy atom. The van der Waals surface area contributed by atoms with Gasteiger partial charge < -0.3 is 10.2 Å². The minimum Gasteiger partial charge on any atom is -0.356 e. The van der Waals surface area contributed by atoms with Crippen molar-refractivity contribution in [3.05, 3.63) is 23.4 Å². The van der Waals surface area contributed by atoms with E-state index >= 15 is 0 Å². The highest BCUT2D eigenvalue weighted by Gasteiger charge is 2.35. The number of anilines is 1. The van der Waals surface area contributed by atoms with Crippen molar-refractivity contribution < 1.29 is 0 Å². The van der Waals surface area contributed by atoms with Gasteiger partial charge in [-0.2, -0.15) is 0 Å². The highest BCUT2D eigenvalue weighted by molar-refractivity contribution is 5.44. The van der Waals surface area contributed by atoms with Gasteiger partial charge in [-0.1, -0.05) is 27.7 Å². The standard InChI is InChI=1S/C18H31N3/c1-6-18(7-2)8-9-21(13-18)17-11-16(10-15(5)20-17)12-19-14(3)4/h10-11,14,19H,6-9,12-13H2,1-5H3. The minimum atomic E-state index is 0.502. The maximum Gasteiger partial charge on any atom is 0.129 e. The molecule has 1 saturated heterocycles. The van der Waals surface area contributed by atoms with Crippen LogP contribution in [0, 0.1) is 12.3 Å². The molecule has 1 fully saturated rings. The van der Waals surface area contributed by atoms with Crippen LogP contribution < -0.4 is 10.2 Å². The highest BCUT2D eigenvalue weighted by Crippen LogP contribution is 2.38. The summed E-state index contributed by atoms with van der Waals surface area (Å²) in [6.07, 6.45) is 3.84. The van der Waals surface area contributed by atoms with E-state index in [1.807, 2.05) is 0 Å². The summed E-state index contributed by atoms with van der Waals surface area (Å²) in [5.74, 6) is 1.17. The Morgan fingerprint density at radius 2 is 2.00 bits per heavy atom. The van der Waals surface area contributed by atoms with Crippen LogP contribution in [-0.2, 0) is 6.54 Å². The number of rotatable bonds is 6. The first-order valence-corrected chi connectivity index (χ1v) is 8.44. The number of nitrogens with one attached hydrogen (secondary N) is 1. The molecule has 1 aliphatic rings. The molecule has 2 rings (SSSR count). The summed E-state index contributed by atoms with van der Waals surface area (Å²) in [6, 6.07) is 4.98. The minimum absolute atomic E-state index is 0.502. The molecule has 2 heterocycles. The fourth-order valence-corrected chi connectivity index (χ4v) is 3.26. The van der Waals surface area contributed by atoms with Crippen LogP contribution in [0.3, 0.4) is 0 Å². The van der Waals surface area contributed by atoms with Crippen molar-refractivity contribution in [2.24, 2.45) is 5.41 Å². The van der Waals surface area contributed by atoms with Crippen molar-refractivity contribution in [3.63, 3.8) is 0 Å². The third-order valence-corrected chi connectivity index (χ3v) is 4.98. The maximum atomic E-state index is 4.78. The zero-order chi connectivity index (χ0) is 15.5. The average molecular weight is 289 g/mol. The normalized spacial score (nSPS) is 17.7. The summed E-state index contributed by atoms with van der Waals surface area (Å²) in [5, 5.41) is 3.50. The molecule has 0 aliphatic carbocycles. The van der Waals surface area contributed by atoms with E-state index in [4.69, 9.17) is 4.98 Å². The third kappa shape index (κ3) is 3.97. The number of pyridine rings is 1. The van der Waals surface area contributed by atoms with Crippen LogP contribution in [0.4, 0.5) is 5.82 Å². The summed E-state index contributed by atoms with van der Waals surface area (Å²) < 4.78 is 0. The number of nitrogens with zero attached hydrogens (tertiary/aromatic N) is 2. The fraction of sp³-hybridized carbons (Fsp3) is 0.722. The third-order valence-electron chi connectivity index (χ3n) is 4.98. The monoisotopic (exact) mass is 289 g/mol. The van der Waals surface area contributed by atoms with Crippen molar-refractivity contribution in [3.8, 4) is 0 Å². The molecule has 0 saturated carbocycles. The average Bonchev–Trinajstić information content (AvgIpc) is 2.90. The van der Waals surface area contributed by atoms with E-state index in [0.29, 0.717) is 11.5 Å². The number of hydrogen-bond acceptors (Lipinski definition) is 3. The Hall–Kier alpha value is -1.09. The van der Waals surface area contributed by atoms with E-state index in [1.54, 1.807) is 0 Å². The number of hydrogen-bond donors (Lipinski definition) is 1. The van der Waals surface area contributed by atoms with Gasteiger partial charge in [-0.25, -0.2) is 4.98 Å². The molecule has 118 valence electrons. The topological polar surface area (TPSA) is 28.2 Å². The van der Waals surface area contributed by atoms with Crippen molar-refractivity contribution in [2.75, 3.05) is 18.0 Å². The molecule has 0 amide bonds. The fourth-order valence-electron chi connectivity index (χ4n) is 3.26. The number of aromatic nitrogens is 1. The van der Waals surface area contributed by atoms with E-state index in [1.165, 1.54) is 30.6 Å². The lowest BCUT2D eigenvalue weighted by atomic mass is 9.82. The molecule has 1 N–H and O–H groups in total. The van der Waals surface area contributed by atoms with Gasteiger partial charge in [0, 0.05) is 31.4 Å². The molecule has 0 bridgehead atoms. The second kappa shape index (κ2) is 6.78.